The van der Waals surface area contributed by atoms with Gasteiger partial charge in [-0.25, -0.2) is 0 Å². The zero-order valence-electron chi connectivity index (χ0n) is 19.5. The fourth-order valence-corrected chi connectivity index (χ4v) is 4.95. The van der Waals surface area contributed by atoms with Crippen LogP contribution in [0.3, 0.4) is 0 Å². The van der Waals surface area contributed by atoms with Crippen LogP contribution in [0.25, 0.3) is 0 Å². The quantitative estimate of drug-likeness (QED) is 0.600. The lowest BCUT2D eigenvalue weighted by Gasteiger charge is -2.21. The number of ether oxygens (including phenoxy) is 2. The van der Waals surface area contributed by atoms with Crippen molar-refractivity contribution in [3.05, 3.63) is 82.9 Å². The van der Waals surface area contributed by atoms with E-state index < -0.39 is 0 Å². The minimum Gasteiger partial charge on any atom is -0.504 e. The Bertz CT molecular complexity index is 1300. The van der Waals surface area contributed by atoms with Gasteiger partial charge in [0, 0.05) is 38.0 Å². The molecule has 2 N–H and O–H groups in total. The van der Waals surface area contributed by atoms with E-state index in [-0.39, 0.29) is 23.6 Å². The largest absolute Gasteiger partial charge is 0.504 e. The number of phenolic OH excluding ortho intramolecular Hbond substituents is 1. The minimum absolute atomic E-state index is 0.00291. The summed E-state index contributed by atoms with van der Waals surface area (Å²) in [7, 11) is 1.59. The van der Waals surface area contributed by atoms with Crippen LogP contribution in [0.4, 0.5) is 0 Å². The summed E-state index contributed by atoms with van der Waals surface area (Å²) >= 11 is 0. The predicted molar refractivity (Wildman–Crippen MR) is 131 cm³/mol. The summed E-state index contributed by atoms with van der Waals surface area (Å²) < 4.78 is 11.6. The highest BCUT2D eigenvalue weighted by Crippen LogP contribution is 2.40. The molecule has 2 aliphatic rings. The number of phenols is 1. The summed E-state index contributed by atoms with van der Waals surface area (Å²) in [4.78, 5) is 15.2. The minimum atomic E-state index is -0.0693. The molecule has 2 aliphatic heterocycles. The van der Waals surface area contributed by atoms with Gasteiger partial charge in [-0.1, -0.05) is 24.3 Å². The number of hydrogen-bond donors (Lipinski definition) is 2. The van der Waals surface area contributed by atoms with E-state index in [0.29, 0.717) is 48.7 Å². The molecule has 7 nitrogen and oxygen atoms in total. The summed E-state index contributed by atoms with van der Waals surface area (Å²) in [6.07, 6.45) is 0.887. The van der Waals surface area contributed by atoms with E-state index >= 15 is 0 Å². The second-order valence-corrected chi connectivity index (χ2v) is 9.10. The van der Waals surface area contributed by atoms with E-state index in [2.05, 4.69) is 16.3 Å². The number of amides is 1. The van der Waals surface area contributed by atoms with Crippen molar-refractivity contribution in [3.63, 3.8) is 0 Å². The molecular weight excluding hydrogens is 442 g/mol. The van der Waals surface area contributed by atoms with Crippen LogP contribution in [0.5, 0.6) is 23.0 Å². The Morgan fingerprint density at radius 2 is 2.00 bits per heavy atom. The second-order valence-electron chi connectivity index (χ2n) is 9.10. The smallest absolute Gasteiger partial charge is 0.220 e. The molecule has 7 heteroatoms. The fourth-order valence-electron chi connectivity index (χ4n) is 4.95. The number of nitriles is 1. The van der Waals surface area contributed by atoms with Crippen molar-refractivity contribution >= 4 is 5.91 Å². The molecule has 2 atom stereocenters. The number of rotatable bonds is 3. The third kappa shape index (κ3) is 4.93. The highest BCUT2D eigenvalue weighted by molar-refractivity contribution is 5.77. The number of nitrogens with one attached hydrogen (secondary N) is 1. The predicted octanol–water partition coefficient (Wildman–Crippen LogP) is 4.10. The van der Waals surface area contributed by atoms with Crippen molar-refractivity contribution in [1.29, 1.82) is 5.26 Å². The molecule has 0 unspecified atom stereocenters. The summed E-state index contributed by atoms with van der Waals surface area (Å²) in [5.74, 6) is 1.49. The van der Waals surface area contributed by atoms with Crippen molar-refractivity contribution in [1.82, 2.24) is 10.2 Å². The summed E-state index contributed by atoms with van der Waals surface area (Å²) in [5.41, 5.74) is 3.64. The number of hydrogen-bond acceptors (Lipinski definition) is 6. The van der Waals surface area contributed by atoms with Crippen LogP contribution in [0, 0.1) is 11.3 Å². The van der Waals surface area contributed by atoms with Crippen LogP contribution >= 0.6 is 0 Å². The van der Waals surface area contributed by atoms with Gasteiger partial charge in [-0.15, -0.1) is 0 Å². The van der Waals surface area contributed by atoms with Gasteiger partial charge in [-0.05, 0) is 59.5 Å². The molecule has 0 aliphatic carbocycles. The average Bonchev–Trinajstić information content (AvgIpc) is 3.25. The highest BCUT2D eigenvalue weighted by atomic mass is 16.5. The van der Waals surface area contributed by atoms with Crippen molar-refractivity contribution in [2.24, 2.45) is 0 Å². The van der Waals surface area contributed by atoms with Gasteiger partial charge in [-0.2, -0.15) is 5.26 Å². The van der Waals surface area contributed by atoms with E-state index in [4.69, 9.17) is 9.47 Å². The van der Waals surface area contributed by atoms with Crippen LogP contribution in [-0.4, -0.2) is 42.2 Å². The third-order valence-corrected chi connectivity index (χ3v) is 6.70. The lowest BCUT2D eigenvalue weighted by molar-refractivity contribution is -0.121. The Kier molecular flexibility index (Phi) is 6.30. The molecule has 1 amide bonds. The van der Waals surface area contributed by atoms with Crippen LogP contribution in [0.1, 0.15) is 34.6 Å². The molecule has 0 spiro atoms. The van der Waals surface area contributed by atoms with Gasteiger partial charge < -0.3 is 19.9 Å². The Hall–Kier alpha value is -4.02. The first-order valence-corrected chi connectivity index (χ1v) is 11.7. The molecule has 1 fully saturated rings. The van der Waals surface area contributed by atoms with Gasteiger partial charge in [0.15, 0.2) is 23.0 Å². The summed E-state index contributed by atoms with van der Waals surface area (Å²) in [5, 5.41) is 22.9. The van der Waals surface area contributed by atoms with E-state index in [0.717, 1.165) is 23.2 Å². The number of methoxy groups -OCH3 is 1. The van der Waals surface area contributed by atoms with Gasteiger partial charge in [0.1, 0.15) is 0 Å². The molecule has 0 saturated carbocycles. The first-order valence-electron chi connectivity index (χ1n) is 11.7. The summed E-state index contributed by atoms with van der Waals surface area (Å²) in [6.45, 7) is 2.13. The monoisotopic (exact) mass is 469 g/mol. The van der Waals surface area contributed by atoms with Crippen molar-refractivity contribution in [2.75, 3.05) is 20.2 Å². The number of nitrogens with zero attached hydrogens (tertiary/aromatic N) is 2. The molecule has 3 aromatic rings. The molecule has 3 aromatic carbocycles. The molecule has 0 aromatic heterocycles. The van der Waals surface area contributed by atoms with Gasteiger partial charge in [-0.3, -0.25) is 9.69 Å². The standard InChI is InChI=1S/C28H27N3O4/c1-34-25-9-7-21-13-27(25)35-26-12-18(5-8-24(26)32)6-10-28(33)30-23-17-31(16-22(21)23)15-20-4-2-3-19(11-20)14-29/h2-5,7-9,11-13,22-23,32H,6,10,15-17H2,1H3,(H,30,33)/t22-,23+/m0/s1. The maximum atomic E-state index is 12.9. The number of carbonyl (C=O) groups excluding carboxylic acids is 1. The molecule has 1 saturated heterocycles. The number of carbonyl (C=O) groups is 1. The van der Waals surface area contributed by atoms with E-state index in [9.17, 15) is 15.2 Å². The topological polar surface area (TPSA) is 94.8 Å². The van der Waals surface area contributed by atoms with E-state index in [1.54, 1.807) is 31.4 Å². The maximum Gasteiger partial charge on any atom is 0.220 e. The van der Waals surface area contributed by atoms with Crippen molar-refractivity contribution in [2.45, 2.75) is 31.3 Å². The van der Waals surface area contributed by atoms with Crippen molar-refractivity contribution < 1.29 is 19.4 Å². The Morgan fingerprint density at radius 1 is 1.11 bits per heavy atom. The van der Waals surface area contributed by atoms with Crippen LogP contribution in [-0.2, 0) is 17.8 Å². The van der Waals surface area contributed by atoms with Gasteiger partial charge >= 0.3 is 0 Å². The molecule has 5 rings (SSSR count). The highest BCUT2D eigenvalue weighted by Gasteiger charge is 2.35. The Balaban J connectivity index is 1.49. The lowest BCUT2D eigenvalue weighted by Crippen LogP contribution is -2.39. The third-order valence-electron chi connectivity index (χ3n) is 6.70. The normalized spacial score (nSPS) is 19.7. The number of aryl methyl sites for hydroxylation is 1. The zero-order valence-corrected chi connectivity index (χ0v) is 19.5. The molecule has 2 heterocycles. The van der Waals surface area contributed by atoms with E-state index in [1.807, 2.05) is 36.4 Å². The fraction of sp³-hybridized carbons (Fsp3) is 0.286. The number of likely N-dealkylation sites (tertiary alicyclic amines) is 1. The molecule has 0 radical (unpaired) electrons. The lowest BCUT2D eigenvalue weighted by atomic mass is 9.93. The SMILES string of the molecule is COc1ccc2cc1Oc1cc(ccc1O)CCC(=O)N[C@@H]1CN(Cc3cccc(C#N)c3)C[C@@H]21. The van der Waals surface area contributed by atoms with Crippen LogP contribution < -0.4 is 14.8 Å². The molecule has 35 heavy (non-hydrogen) atoms. The van der Waals surface area contributed by atoms with Crippen molar-refractivity contribution in [3.8, 4) is 29.1 Å². The second kappa shape index (κ2) is 9.69. The molecule has 4 bridgehead atoms. The number of aromatic hydroxyl groups is 1. The number of fused-ring (bicyclic) bond motifs is 6. The molecule has 178 valence electrons. The van der Waals surface area contributed by atoms with Gasteiger partial charge in [0.2, 0.25) is 5.91 Å². The number of benzene rings is 3. The Labute approximate surface area is 204 Å². The van der Waals surface area contributed by atoms with Crippen LogP contribution in [0.15, 0.2) is 60.7 Å². The van der Waals surface area contributed by atoms with Gasteiger partial charge in [0.05, 0.1) is 18.7 Å². The molecular formula is C28H27N3O4. The van der Waals surface area contributed by atoms with E-state index in [1.165, 1.54) is 0 Å². The first-order chi connectivity index (χ1) is 17.0. The maximum absolute atomic E-state index is 12.9. The average molecular weight is 470 g/mol. The zero-order chi connectivity index (χ0) is 24.4. The first kappa shape index (κ1) is 22.8. The van der Waals surface area contributed by atoms with Gasteiger partial charge in [0.25, 0.3) is 0 Å². The Morgan fingerprint density at radius 3 is 2.83 bits per heavy atom. The van der Waals surface area contributed by atoms with Crippen LogP contribution in [0.2, 0.25) is 0 Å². The summed E-state index contributed by atoms with van der Waals surface area (Å²) in [6, 6.07) is 20.7.